The van der Waals surface area contributed by atoms with Crippen molar-refractivity contribution in [3.63, 3.8) is 0 Å². The summed E-state index contributed by atoms with van der Waals surface area (Å²) in [6, 6.07) is 4.89. The summed E-state index contributed by atoms with van der Waals surface area (Å²) in [4.78, 5) is 45.5. The molecule has 2 N–H and O–H groups in total. The van der Waals surface area contributed by atoms with Crippen LogP contribution in [-0.2, 0) is 23.0 Å². The Balaban J connectivity index is 1.31. The van der Waals surface area contributed by atoms with E-state index < -0.39 is 90.6 Å². The quantitative estimate of drug-likeness (QED) is 0.249. The monoisotopic (exact) mass is 721 g/mol. The molecule has 0 bridgehead atoms. The molecule has 0 unspecified atom stereocenters. The molecule has 10 nitrogen and oxygen atoms in total. The Labute approximate surface area is 285 Å². The van der Waals surface area contributed by atoms with Gasteiger partial charge in [-0.15, -0.1) is 0 Å². The Kier molecular flexibility index (Phi) is 9.20. The highest BCUT2D eigenvalue weighted by molar-refractivity contribution is 6.00. The number of carbonyl (C=O) groups is 2. The molecule has 4 heterocycles. The fraction of sp³-hybridized carbons (Fsp3) is 0.353. The molecule has 2 atom stereocenters. The van der Waals surface area contributed by atoms with Gasteiger partial charge in [0.15, 0.2) is 0 Å². The largest absolute Gasteiger partial charge is 0.480 e. The van der Waals surface area contributed by atoms with Crippen LogP contribution in [-0.4, -0.2) is 83.6 Å². The zero-order chi connectivity index (χ0) is 37.0. The number of hydrogen-bond donors (Lipinski definition) is 2. The number of hydrogen-bond acceptors (Lipinski definition) is 7. The summed E-state index contributed by atoms with van der Waals surface area (Å²) in [7, 11) is 1.53. The van der Waals surface area contributed by atoms with Crippen molar-refractivity contribution in [1.82, 2.24) is 14.9 Å². The molecule has 1 amide bonds. The number of aromatic nitrogens is 2. The van der Waals surface area contributed by atoms with Crippen LogP contribution in [0.4, 0.5) is 42.1 Å². The minimum absolute atomic E-state index is 0.102. The van der Waals surface area contributed by atoms with Crippen molar-refractivity contribution < 1.29 is 50.2 Å². The van der Waals surface area contributed by atoms with Gasteiger partial charge in [0.05, 0.1) is 43.1 Å². The minimum atomic E-state index is -4.78. The van der Waals surface area contributed by atoms with E-state index in [2.05, 4.69) is 10.3 Å². The van der Waals surface area contributed by atoms with Crippen molar-refractivity contribution in [3.05, 3.63) is 87.5 Å². The van der Waals surface area contributed by atoms with Gasteiger partial charge < -0.3 is 29.5 Å². The SMILES string of the molecule is Cc1cc(N2CC(F)(F)C2)c(-c2ccc(C[C@H](NC(=O)c3c(F)cc(N4CCOC[C@@H]4C(F)(F)F)cc3F)C(=O)O)c3cccnc23)c(=O)n1C. The Morgan fingerprint density at radius 3 is 2.43 bits per heavy atom. The topological polar surface area (TPSA) is 117 Å². The van der Waals surface area contributed by atoms with Gasteiger partial charge in [-0.2, -0.15) is 13.2 Å². The van der Waals surface area contributed by atoms with Crippen LogP contribution in [0.3, 0.4) is 0 Å². The summed E-state index contributed by atoms with van der Waals surface area (Å²) < 4.78 is 105. The first-order valence-electron chi connectivity index (χ1n) is 15.6. The summed E-state index contributed by atoms with van der Waals surface area (Å²) in [5.74, 6) is -8.98. The predicted octanol–water partition coefficient (Wildman–Crippen LogP) is 4.84. The van der Waals surface area contributed by atoms with Crippen LogP contribution >= 0.6 is 0 Å². The lowest BCUT2D eigenvalue weighted by molar-refractivity contribution is -0.167. The van der Waals surface area contributed by atoms with E-state index in [0.29, 0.717) is 33.7 Å². The van der Waals surface area contributed by atoms with Crippen LogP contribution in [0.15, 0.2) is 53.5 Å². The highest BCUT2D eigenvalue weighted by Gasteiger charge is 2.46. The van der Waals surface area contributed by atoms with Gasteiger partial charge in [0.1, 0.15) is 29.3 Å². The lowest BCUT2D eigenvalue weighted by Crippen LogP contribution is -2.57. The lowest BCUT2D eigenvalue weighted by Gasteiger charge is -2.41. The van der Waals surface area contributed by atoms with Gasteiger partial charge >= 0.3 is 12.1 Å². The van der Waals surface area contributed by atoms with E-state index in [1.807, 2.05) is 0 Å². The zero-order valence-electron chi connectivity index (χ0n) is 27.0. The number of aryl methyl sites for hydroxylation is 1. The van der Waals surface area contributed by atoms with Crippen molar-refractivity contribution >= 4 is 34.2 Å². The standard InChI is InChI=1S/C34H30F7N5O5/c1-17-10-25(45-15-33(37,38)16-45)27(31(48)44(17)2)21-6-5-18(20-4-3-7-42-29(20)21)11-24(32(49)50)43-30(47)28-22(35)12-19(13-23(28)36)46-8-9-51-14-26(46)34(39,40)41/h3-7,10,12-13,24,26H,8-9,11,14-16H2,1-2H3,(H,43,47)(H,49,50)/t24-,26+/m0/s1. The number of rotatable bonds is 8. The van der Waals surface area contributed by atoms with Crippen molar-refractivity contribution in [2.24, 2.45) is 7.05 Å². The van der Waals surface area contributed by atoms with Crippen LogP contribution in [0, 0.1) is 18.6 Å². The second-order valence-electron chi connectivity index (χ2n) is 12.5. The van der Waals surface area contributed by atoms with Gasteiger partial charge in [0, 0.05) is 48.5 Å². The van der Waals surface area contributed by atoms with Gasteiger partial charge in [-0.05, 0) is 36.8 Å². The first kappa shape index (κ1) is 35.6. The average Bonchev–Trinajstić information content (AvgIpc) is 3.05. The van der Waals surface area contributed by atoms with Crippen molar-refractivity contribution in [2.45, 2.75) is 37.5 Å². The van der Waals surface area contributed by atoms with E-state index in [-0.39, 0.29) is 35.5 Å². The predicted molar refractivity (Wildman–Crippen MR) is 171 cm³/mol. The maximum absolute atomic E-state index is 15.2. The van der Waals surface area contributed by atoms with Crippen LogP contribution < -0.4 is 20.7 Å². The van der Waals surface area contributed by atoms with E-state index in [1.54, 1.807) is 19.1 Å². The average molecular weight is 722 g/mol. The number of anilines is 2. The number of ether oxygens (including phenoxy) is 1. The summed E-state index contributed by atoms with van der Waals surface area (Å²) in [5, 5.41) is 12.4. The number of fused-ring (bicyclic) bond motifs is 1. The number of halogens is 7. The summed E-state index contributed by atoms with van der Waals surface area (Å²) in [5.41, 5.74) is -0.429. The molecule has 4 aromatic rings. The molecule has 2 aromatic heterocycles. The highest BCUT2D eigenvalue weighted by atomic mass is 19.4. The number of aliphatic carboxylic acids is 1. The number of alkyl halides is 5. The number of morpholine rings is 1. The maximum Gasteiger partial charge on any atom is 0.411 e. The first-order valence-corrected chi connectivity index (χ1v) is 15.6. The second kappa shape index (κ2) is 13.2. The number of carbonyl (C=O) groups excluding carboxylic acids is 1. The highest BCUT2D eigenvalue weighted by Crippen LogP contribution is 2.39. The summed E-state index contributed by atoms with van der Waals surface area (Å²) in [6.07, 6.45) is -3.78. The van der Waals surface area contributed by atoms with Crippen LogP contribution in [0.5, 0.6) is 0 Å². The second-order valence-corrected chi connectivity index (χ2v) is 12.5. The third-order valence-corrected chi connectivity index (χ3v) is 9.08. The minimum Gasteiger partial charge on any atom is -0.480 e. The number of amides is 1. The Morgan fingerprint density at radius 1 is 1.12 bits per heavy atom. The third-order valence-electron chi connectivity index (χ3n) is 9.08. The molecule has 0 spiro atoms. The molecule has 2 saturated heterocycles. The molecule has 0 radical (unpaired) electrons. The third kappa shape index (κ3) is 6.81. The molecule has 2 aromatic carbocycles. The molecule has 270 valence electrons. The number of pyridine rings is 2. The van der Waals surface area contributed by atoms with Gasteiger partial charge in [-0.1, -0.05) is 18.2 Å². The van der Waals surface area contributed by atoms with Crippen molar-refractivity contribution in [1.29, 1.82) is 0 Å². The van der Waals surface area contributed by atoms with E-state index in [9.17, 15) is 41.4 Å². The van der Waals surface area contributed by atoms with Crippen molar-refractivity contribution in [2.75, 3.05) is 42.6 Å². The van der Waals surface area contributed by atoms with E-state index in [0.717, 1.165) is 0 Å². The fourth-order valence-corrected chi connectivity index (χ4v) is 6.38. The van der Waals surface area contributed by atoms with Crippen LogP contribution in [0.1, 0.15) is 21.6 Å². The van der Waals surface area contributed by atoms with E-state index in [1.165, 1.54) is 40.9 Å². The summed E-state index contributed by atoms with van der Waals surface area (Å²) >= 11 is 0. The maximum atomic E-state index is 15.2. The molecule has 17 heteroatoms. The molecule has 2 aliphatic rings. The Hall–Kier alpha value is -5.19. The van der Waals surface area contributed by atoms with E-state index in [4.69, 9.17) is 4.74 Å². The lowest BCUT2D eigenvalue weighted by atomic mass is 9.93. The first-order chi connectivity index (χ1) is 24.0. The smallest absolute Gasteiger partial charge is 0.411 e. The fourth-order valence-electron chi connectivity index (χ4n) is 6.38. The number of carboxylic acids is 1. The number of benzene rings is 2. The molecule has 2 aliphatic heterocycles. The van der Waals surface area contributed by atoms with Gasteiger partial charge in [0.2, 0.25) is 0 Å². The Bertz CT molecular complexity index is 2070. The molecular weight excluding hydrogens is 691 g/mol. The van der Waals surface area contributed by atoms with Crippen LogP contribution in [0.2, 0.25) is 0 Å². The molecule has 51 heavy (non-hydrogen) atoms. The van der Waals surface area contributed by atoms with E-state index >= 15 is 8.78 Å². The zero-order valence-corrected chi connectivity index (χ0v) is 27.0. The molecule has 2 fully saturated rings. The summed E-state index contributed by atoms with van der Waals surface area (Å²) in [6.45, 7) is -0.760. The van der Waals surface area contributed by atoms with Gasteiger partial charge in [-0.25, -0.2) is 22.4 Å². The molecular formula is C34H30F7N5O5. The number of nitrogens with one attached hydrogen (secondary N) is 1. The van der Waals surface area contributed by atoms with Gasteiger partial charge in [0.25, 0.3) is 17.4 Å². The molecule has 0 saturated carbocycles. The Morgan fingerprint density at radius 2 is 1.80 bits per heavy atom. The van der Waals surface area contributed by atoms with Crippen molar-refractivity contribution in [3.8, 4) is 11.1 Å². The van der Waals surface area contributed by atoms with Gasteiger partial charge in [-0.3, -0.25) is 14.6 Å². The molecule has 0 aliphatic carbocycles. The number of nitrogens with zero attached hydrogens (tertiary/aromatic N) is 4. The van der Waals surface area contributed by atoms with Crippen LogP contribution in [0.25, 0.3) is 22.0 Å². The number of carboxylic acid groups (broad SMARTS) is 1. The normalized spacial score (nSPS) is 18.0. The molecule has 6 rings (SSSR count).